The van der Waals surface area contributed by atoms with Gasteiger partial charge in [0.25, 0.3) is 0 Å². The van der Waals surface area contributed by atoms with Crippen LogP contribution in [0.15, 0.2) is 24.3 Å². The van der Waals surface area contributed by atoms with E-state index in [1.54, 1.807) is 18.2 Å². The van der Waals surface area contributed by atoms with Crippen LogP contribution in [0.1, 0.15) is 0 Å². The van der Waals surface area contributed by atoms with Crippen molar-refractivity contribution in [2.24, 2.45) is 0 Å². The van der Waals surface area contributed by atoms with E-state index in [-0.39, 0.29) is 12.5 Å². The second kappa shape index (κ2) is 6.71. The van der Waals surface area contributed by atoms with E-state index in [9.17, 15) is 4.79 Å². The molecule has 2 N–H and O–H groups in total. The van der Waals surface area contributed by atoms with E-state index < -0.39 is 0 Å². The molecule has 0 aliphatic heterocycles. The Morgan fingerprint density at radius 3 is 2.87 bits per heavy atom. The summed E-state index contributed by atoms with van der Waals surface area (Å²) in [5.41, 5.74) is 0.619. The van der Waals surface area contributed by atoms with E-state index >= 15 is 0 Å². The number of para-hydroxylation sites is 1. The number of hydrogen-bond acceptors (Lipinski definition) is 3. The summed E-state index contributed by atoms with van der Waals surface area (Å²) in [5.74, 6) is 0.781. The quantitative estimate of drug-likeness (QED) is 0.781. The normalized spacial score (nSPS) is 10.0. The first-order valence-electron chi connectivity index (χ1n) is 4.47. The Hall–Kier alpha value is -0.710. The van der Waals surface area contributed by atoms with Gasteiger partial charge in [-0.2, -0.15) is 0 Å². The van der Waals surface area contributed by atoms with Crippen LogP contribution in [0.25, 0.3) is 0 Å². The third-order valence-electron chi connectivity index (χ3n) is 1.62. The van der Waals surface area contributed by atoms with Gasteiger partial charge < -0.3 is 10.4 Å². The van der Waals surface area contributed by atoms with Crippen molar-refractivity contribution in [1.29, 1.82) is 0 Å². The molecule has 0 radical (unpaired) electrons. The first-order chi connectivity index (χ1) is 7.24. The maximum atomic E-state index is 11.4. The van der Waals surface area contributed by atoms with Gasteiger partial charge in [0.15, 0.2) is 0 Å². The van der Waals surface area contributed by atoms with Crippen molar-refractivity contribution in [2.75, 3.05) is 23.4 Å². The average molecular weight is 246 g/mol. The van der Waals surface area contributed by atoms with Crippen LogP contribution in [-0.4, -0.2) is 29.1 Å². The van der Waals surface area contributed by atoms with Gasteiger partial charge in [-0.15, -0.1) is 11.8 Å². The van der Waals surface area contributed by atoms with Gasteiger partial charge in [0.1, 0.15) is 0 Å². The van der Waals surface area contributed by atoms with Crippen molar-refractivity contribution in [1.82, 2.24) is 0 Å². The predicted octanol–water partition coefficient (Wildman–Crippen LogP) is 2.00. The Kier molecular flexibility index (Phi) is 5.53. The Labute approximate surface area is 97.8 Å². The molecule has 82 valence electrons. The van der Waals surface area contributed by atoms with E-state index in [1.165, 1.54) is 11.8 Å². The van der Waals surface area contributed by atoms with E-state index in [2.05, 4.69) is 5.32 Å². The molecule has 0 bridgehead atoms. The van der Waals surface area contributed by atoms with Crippen molar-refractivity contribution in [3.63, 3.8) is 0 Å². The lowest BCUT2D eigenvalue weighted by Gasteiger charge is -2.05. The van der Waals surface area contributed by atoms with Gasteiger partial charge in [0.2, 0.25) is 5.91 Å². The summed E-state index contributed by atoms with van der Waals surface area (Å²) >= 11 is 7.25. The summed E-state index contributed by atoms with van der Waals surface area (Å²) in [6, 6.07) is 7.08. The Balaban J connectivity index is 2.41. The molecule has 0 atom stereocenters. The summed E-state index contributed by atoms with van der Waals surface area (Å²) in [5, 5.41) is 11.8. The molecule has 1 amide bonds. The highest BCUT2D eigenvalue weighted by Gasteiger charge is 2.04. The van der Waals surface area contributed by atoms with Crippen LogP contribution in [0, 0.1) is 0 Å². The van der Waals surface area contributed by atoms with Crippen LogP contribution in [0.5, 0.6) is 0 Å². The average Bonchev–Trinajstić information content (AvgIpc) is 2.22. The Morgan fingerprint density at radius 1 is 1.47 bits per heavy atom. The minimum Gasteiger partial charge on any atom is -0.396 e. The second-order valence-electron chi connectivity index (χ2n) is 2.80. The van der Waals surface area contributed by atoms with Gasteiger partial charge in [-0.05, 0) is 12.1 Å². The van der Waals surface area contributed by atoms with Crippen LogP contribution in [0.4, 0.5) is 5.69 Å². The molecular weight excluding hydrogens is 234 g/mol. The zero-order chi connectivity index (χ0) is 11.1. The second-order valence-corrected chi connectivity index (χ2v) is 4.32. The van der Waals surface area contributed by atoms with Crippen LogP contribution < -0.4 is 5.32 Å². The van der Waals surface area contributed by atoms with Crippen molar-refractivity contribution < 1.29 is 9.90 Å². The summed E-state index contributed by atoms with van der Waals surface area (Å²) < 4.78 is 0. The number of anilines is 1. The first-order valence-corrected chi connectivity index (χ1v) is 6.00. The lowest BCUT2D eigenvalue weighted by Crippen LogP contribution is -2.14. The number of aliphatic hydroxyl groups excluding tert-OH is 1. The number of amides is 1. The van der Waals surface area contributed by atoms with Crippen LogP contribution in [-0.2, 0) is 4.79 Å². The topological polar surface area (TPSA) is 49.3 Å². The highest BCUT2D eigenvalue weighted by molar-refractivity contribution is 7.99. The molecule has 0 saturated carbocycles. The standard InChI is InChI=1S/C10H12ClNO2S/c11-8-3-1-2-4-9(8)12-10(14)7-15-6-5-13/h1-4,13H,5-7H2,(H,12,14). The molecule has 0 saturated heterocycles. The smallest absolute Gasteiger partial charge is 0.234 e. The fourth-order valence-corrected chi connectivity index (χ4v) is 1.69. The molecule has 0 unspecified atom stereocenters. The summed E-state index contributed by atoms with van der Waals surface area (Å²) in [6.07, 6.45) is 0. The summed E-state index contributed by atoms with van der Waals surface area (Å²) in [7, 11) is 0. The molecule has 0 heterocycles. The largest absolute Gasteiger partial charge is 0.396 e. The highest BCUT2D eigenvalue weighted by Crippen LogP contribution is 2.20. The molecule has 3 nitrogen and oxygen atoms in total. The molecule has 15 heavy (non-hydrogen) atoms. The number of thioether (sulfide) groups is 1. The minimum atomic E-state index is -0.110. The van der Waals surface area contributed by atoms with E-state index in [1.807, 2.05) is 6.07 Å². The molecule has 0 aromatic heterocycles. The Morgan fingerprint density at radius 2 is 2.20 bits per heavy atom. The maximum absolute atomic E-state index is 11.4. The number of hydrogen-bond donors (Lipinski definition) is 2. The van der Waals surface area contributed by atoms with Crippen molar-refractivity contribution in [3.05, 3.63) is 29.3 Å². The van der Waals surface area contributed by atoms with Gasteiger partial charge in [0.05, 0.1) is 23.1 Å². The van der Waals surface area contributed by atoms with Crippen LogP contribution in [0.3, 0.4) is 0 Å². The zero-order valence-electron chi connectivity index (χ0n) is 8.07. The SMILES string of the molecule is O=C(CSCCO)Nc1ccccc1Cl. The number of carbonyl (C=O) groups is 1. The van der Waals surface area contributed by atoms with Gasteiger partial charge in [-0.1, -0.05) is 23.7 Å². The third kappa shape index (κ3) is 4.55. The summed E-state index contributed by atoms with van der Waals surface area (Å²) in [4.78, 5) is 11.4. The highest BCUT2D eigenvalue weighted by atomic mass is 35.5. The first kappa shape index (κ1) is 12.4. The molecular formula is C10H12ClNO2S. The molecule has 1 rings (SSSR count). The fourth-order valence-electron chi connectivity index (χ4n) is 0.978. The van der Waals surface area contributed by atoms with E-state index in [4.69, 9.17) is 16.7 Å². The van der Waals surface area contributed by atoms with E-state index in [0.717, 1.165) is 0 Å². The predicted molar refractivity (Wildman–Crippen MR) is 64.5 cm³/mol. The third-order valence-corrected chi connectivity index (χ3v) is 2.88. The fraction of sp³-hybridized carbons (Fsp3) is 0.300. The Bertz CT molecular complexity index is 333. The minimum absolute atomic E-state index is 0.0873. The molecule has 0 aliphatic rings. The summed E-state index contributed by atoms with van der Waals surface area (Å²) in [6.45, 7) is 0.0873. The van der Waals surface area contributed by atoms with Gasteiger partial charge in [0, 0.05) is 5.75 Å². The maximum Gasteiger partial charge on any atom is 0.234 e. The monoisotopic (exact) mass is 245 g/mol. The van der Waals surface area contributed by atoms with Gasteiger partial charge in [-0.3, -0.25) is 4.79 Å². The number of halogens is 1. The zero-order valence-corrected chi connectivity index (χ0v) is 9.64. The molecule has 0 fully saturated rings. The molecule has 1 aromatic carbocycles. The lowest BCUT2D eigenvalue weighted by molar-refractivity contribution is -0.113. The number of benzene rings is 1. The molecule has 0 aliphatic carbocycles. The molecule has 1 aromatic rings. The number of rotatable bonds is 5. The number of aliphatic hydroxyl groups is 1. The molecule has 5 heteroatoms. The van der Waals surface area contributed by atoms with Crippen LogP contribution >= 0.6 is 23.4 Å². The number of nitrogens with one attached hydrogen (secondary N) is 1. The van der Waals surface area contributed by atoms with Crippen molar-refractivity contribution in [2.45, 2.75) is 0 Å². The lowest BCUT2D eigenvalue weighted by atomic mass is 10.3. The van der Waals surface area contributed by atoms with Crippen LogP contribution in [0.2, 0.25) is 5.02 Å². The number of carbonyl (C=O) groups excluding carboxylic acids is 1. The van der Waals surface area contributed by atoms with Crippen molar-refractivity contribution in [3.8, 4) is 0 Å². The van der Waals surface area contributed by atoms with E-state index in [0.29, 0.717) is 22.2 Å². The van der Waals surface area contributed by atoms with Gasteiger partial charge in [-0.25, -0.2) is 0 Å². The van der Waals surface area contributed by atoms with Crippen molar-refractivity contribution >= 4 is 35.0 Å². The van der Waals surface area contributed by atoms with Gasteiger partial charge >= 0.3 is 0 Å². The molecule has 0 spiro atoms.